The highest BCUT2D eigenvalue weighted by Crippen LogP contribution is 2.31. The second-order valence-electron chi connectivity index (χ2n) is 6.98. The van der Waals surface area contributed by atoms with Crippen molar-refractivity contribution in [3.63, 3.8) is 0 Å². The van der Waals surface area contributed by atoms with Crippen LogP contribution in [-0.4, -0.2) is 47.2 Å². The van der Waals surface area contributed by atoms with Crippen molar-refractivity contribution >= 4 is 17.2 Å². The number of carbonyl (C=O) groups is 1. The van der Waals surface area contributed by atoms with Crippen LogP contribution in [0.5, 0.6) is 11.5 Å². The summed E-state index contributed by atoms with van der Waals surface area (Å²) in [6.45, 7) is 2.18. The van der Waals surface area contributed by atoms with Crippen molar-refractivity contribution in [3.8, 4) is 11.5 Å². The van der Waals surface area contributed by atoms with Crippen LogP contribution in [0.1, 0.15) is 27.2 Å². The van der Waals surface area contributed by atoms with Crippen molar-refractivity contribution in [1.29, 1.82) is 0 Å². The molecule has 30 heavy (non-hydrogen) atoms. The number of amides is 1. The van der Waals surface area contributed by atoms with Crippen LogP contribution in [0.3, 0.4) is 0 Å². The highest BCUT2D eigenvalue weighted by molar-refractivity contribution is 7.11. The highest BCUT2D eigenvalue weighted by atomic mass is 32.1. The third-order valence-corrected chi connectivity index (χ3v) is 5.57. The van der Waals surface area contributed by atoms with Gasteiger partial charge in [0.15, 0.2) is 11.5 Å². The van der Waals surface area contributed by atoms with Crippen LogP contribution >= 0.6 is 11.3 Å². The fourth-order valence-electron chi connectivity index (χ4n) is 3.30. The molecule has 3 aromatic rings. The first kappa shape index (κ1) is 20.3. The first-order valence-electron chi connectivity index (χ1n) is 9.71. The van der Waals surface area contributed by atoms with Crippen LogP contribution in [-0.2, 0) is 17.8 Å². The molecule has 1 aliphatic heterocycles. The molecule has 8 heteroatoms. The van der Waals surface area contributed by atoms with Crippen molar-refractivity contribution in [2.24, 2.45) is 0 Å². The van der Waals surface area contributed by atoms with Crippen LogP contribution in [0.4, 0.5) is 0 Å². The Morgan fingerprint density at radius 1 is 1.20 bits per heavy atom. The Balaban J connectivity index is 1.54. The smallest absolute Gasteiger partial charge is 0.266 e. The molecule has 7 nitrogen and oxygen atoms in total. The molecule has 0 unspecified atom stereocenters. The van der Waals surface area contributed by atoms with E-state index in [1.54, 1.807) is 36.1 Å². The third kappa shape index (κ3) is 4.95. The fourth-order valence-corrected chi connectivity index (χ4v) is 3.89. The quantitative estimate of drug-likeness (QED) is 0.549. The zero-order valence-corrected chi connectivity index (χ0v) is 17.5. The maximum atomic E-state index is 13.1. The summed E-state index contributed by atoms with van der Waals surface area (Å²) < 4.78 is 16.9. The van der Waals surface area contributed by atoms with Crippen LogP contribution in [0.25, 0.3) is 0 Å². The summed E-state index contributed by atoms with van der Waals surface area (Å²) >= 11 is 1.33. The number of methoxy groups -OCH3 is 1. The molecular weight excluding hydrogens is 402 g/mol. The Labute approximate surface area is 179 Å². The van der Waals surface area contributed by atoms with Crippen molar-refractivity contribution in [2.45, 2.75) is 25.6 Å². The van der Waals surface area contributed by atoms with Gasteiger partial charge in [-0.25, -0.2) is 0 Å². The van der Waals surface area contributed by atoms with E-state index in [0.717, 1.165) is 17.5 Å². The lowest BCUT2D eigenvalue weighted by atomic mass is 10.1. The highest BCUT2D eigenvalue weighted by Gasteiger charge is 2.21. The molecular formula is C22H23N3O4S. The zero-order chi connectivity index (χ0) is 20.8. The molecule has 0 spiro atoms. The first-order valence-corrected chi connectivity index (χ1v) is 10.6. The molecule has 1 atom stereocenters. The predicted molar refractivity (Wildman–Crippen MR) is 113 cm³/mol. The lowest BCUT2D eigenvalue weighted by Gasteiger charge is -2.23. The molecule has 0 N–H and O–H groups in total. The second-order valence-corrected chi connectivity index (χ2v) is 7.86. The molecule has 0 aliphatic carbocycles. The number of carbonyl (C=O) groups excluding carboxylic acids is 1. The van der Waals surface area contributed by atoms with Crippen LogP contribution in [0.15, 0.2) is 54.4 Å². The maximum absolute atomic E-state index is 13.1. The average molecular weight is 426 g/mol. The van der Waals surface area contributed by atoms with Gasteiger partial charge in [0.1, 0.15) is 11.0 Å². The average Bonchev–Trinajstić information content (AvgIpc) is 3.49. The number of pyridine rings is 1. The normalized spacial score (nSPS) is 15.7. The molecule has 1 fully saturated rings. The number of benzene rings is 1. The summed E-state index contributed by atoms with van der Waals surface area (Å²) in [5.41, 5.74) is 3.57. The van der Waals surface area contributed by atoms with Gasteiger partial charge in [0.25, 0.3) is 5.91 Å². The molecule has 2 aromatic heterocycles. The van der Waals surface area contributed by atoms with E-state index in [2.05, 4.69) is 9.97 Å². The molecule has 0 radical (unpaired) electrons. The Kier molecular flexibility index (Phi) is 6.56. The minimum atomic E-state index is -0.0660. The van der Waals surface area contributed by atoms with E-state index in [0.29, 0.717) is 42.7 Å². The predicted octanol–water partition coefficient (Wildman–Crippen LogP) is 3.56. The van der Waals surface area contributed by atoms with Crippen LogP contribution < -0.4 is 9.47 Å². The molecule has 3 heterocycles. The number of ether oxygens (including phenoxy) is 3. The number of nitrogens with zero attached hydrogens (tertiary/aromatic N) is 3. The number of hydrogen-bond donors (Lipinski definition) is 0. The van der Waals surface area contributed by atoms with Gasteiger partial charge in [-0.2, -0.15) is 0 Å². The summed E-state index contributed by atoms with van der Waals surface area (Å²) in [5.74, 6) is 1.26. The van der Waals surface area contributed by atoms with Gasteiger partial charge in [-0.1, -0.05) is 12.1 Å². The summed E-state index contributed by atoms with van der Waals surface area (Å²) in [7, 11) is 1.62. The van der Waals surface area contributed by atoms with Gasteiger partial charge in [0.2, 0.25) is 0 Å². The van der Waals surface area contributed by atoms with Crippen molar-refractivity contribution < 1.29 is 19.0 Å². The molecule has 1 saturated heterocycles. The molecule has 1 aliphatic rings. The first-order chi connectivity index (χ1) is 14.7. The minimum Gasteiger partial charge on any atom is -0.493 e. The zero-order valence-electron chi connectivity index (χ0n) is 16.7. The number of thiazole rings is 1. The van der Waals surface area contributed by atoms with Crippen molar-refractivity contribution in [3.05, 3.63) is 70.4 Å². The van der Waals surface area contributed by atoms with Crippen molar-refractivity contribution in [1.82, 2.24) is 14.9 Å². The fraction of sp³-hybridized carbons (Fsp3) is 0.318. The van der Waals surface area contributed by atoms with E-state index >= 15 is 0 Å². The van der Waals surface area contributed by atoms with Gasteiger partial charge in [-0.05, 0) is 29.3 Å². The lowest BCUT2D eigenvalue weighted by molar-refractivity contribution is 0.0734. The van der Waals surface area contributed by atoms with Gasteiger partial charge < -0.3 is 19.1 Å². The van der Waals surface area contributed by atoms with E-state index in [1.165, 1.54) is 11.3 Å². The number of rotatable bonds is 8. The maximum Gasteiger partial charge on any atom is 0.266 e. The van der Waals surface area contributed by atoms with E-state index in [-0.39, 0.29) is 12.0 Å². The van der Waals surface area contributed by atoms with E-state index in [4.69, 9.17) is 14.2 Å². The molecule has 0 saturated carbocycles. The number of hydrogen-bond acceptors (Lipinski definition) is 7. The van der Waals surface area contributed by atoms with Crippen molar-refractivity contribution in [2.75, 3.05) is 20.3 Å². The van der Waals surface area contributed by atoms with Gasteiger partial charge in [-0.15, -0.1) is 11.3 Å². The monoisotopic (exact) mass is 425 g/mol. The summed E-state index contributed by atoms with van der Waals surface area (Å²) in [4.78, 5) is 23.7. The third-order valence-electron chi connectivity index (χ3n) is 4.81. The van der Waals surface area contributed by atoms with E-state index in [9.17, 15) is 4.79 Å². The Morgan fingerprint density at radius 2 is 2.10 bits per heavy atom. The Morgan fingerprint density at radius 3 is 2.80 bits per heavy atom. The summed E-state index contributed by atoms with van der Waals surface area (Å²) in [6.07, 6.45) is 6.00. The van der Waals surface area contributed by atoms with E-state index < -0.39 is 0 Å². The summed E-state index contributed by atoms with van der Waals surface area (Å²) in [6, 6.07) is 9.60. The summed E-state index contributed by atoms with van der Waals surface area (Å²) in [5, 5.41) is 0. The molecule has 1 aromatic carbocycles. The molecule has 4 rings (SSSR count). The lowest BCUT2D eigenvalue weighted by Crippen LogP contribution is -2.29. The SMILES string of the molecule is COc1cc(CN(Cc2cccnc2)C(=O)c2cncs2)ccc1O[C@@H]1CCOC1. The second kappa shape index (κ2) is 9.69. The van der Waals surface area contributed by atoms with E-state index in [1.807, 2.05) is 30.3 Å². The van der Waals surface area contributed by atoms with Crippen LogP contribution in [0.2, 0.25) is 0 Å². The van der Waals surface area contributed by atoms with Gasteiger partial charge >= 0.3 is 0 Å². The van der Waals surface area contributed by atoms with Crippen LogP contribution in [0, 0.1) is 0 Å². The number of aromatic nitrogens is 2. The standard InChI is InChI=1S/C22H23N3O4S/c1-27-20-9-16(4-5-19(20)29-18-6-8-28-14-18)12-25(13-17-3-2-7-23-10-17)22(26)21-11-24-15-30-21/h2-5,7,9-11,15,18H,6,8,12-14H2,1H3/t18-/m1/s1. The topological polar surface area (TPSA) is 73.8 Å². The molecule has 0 bridgehead atoms. The molecule has 156 valence electrons. The molecule has 1 amide bonds. The van der Waals surface area contributed by atoms with Gasteiger partial charge in [0, 0.05) is 31.9 Å². The Hall–Kier alpha value is -2.97. The van der Waals surface area contributed by atoms with Gasteiger partial charge in [0.05, 0.1) is 32.0 Å². The Bertz CT molecular complexity index is 960. The largest absolute Gasteiger partial charge is 0.493 e. The van der Waals surface area contributed by atoms with Gasteiger partial charge in [-0.3, -0.25) is 14.8 Å². The minimum absolute atomic E-state index is 0.0414.